The van der Waals surface area contributed by atoms with Gasteiger partial charge in [-0.2, -0.15) is 0 Å². The van der Waals surface area contributed by atoms with Gasteiger partial charge < -0.3 is 10.6 Å². The summed E-state index contributed by atoms with van der Waals surface area (Å²) in [6, 6.07) is 6.97. The smallest absolute Gasteiger partial charge is 0.274 e. The molecule has 2 aromatic rings. The number of amides is 1. The van der Waals surface area contributed by atoms with Crippen molar-refractivity contribution >= 4 is 40.6 Å². The second kappa shape index (κ2) is 7.81. The van der Waals surface area contributed by atoms with Crippen LogP contribution in [0.3, 0.4) is 0 Å². The third-order valence-electron chi connectivity index (χ3n) is 4.04. The number of aromatic nitrogens is 2. The molecule has 3 rings (SSSR count). The van der Waals surface area contributed by atoms with Crippen LogP contribution in [0, 0.1) is 0 Å². The molecule has 1 fully saturated rings. The molecule has 1 aromatic heterocycles. The highest BCUT2D eigenvalue weighted by Crippen LogP contribution is 2.26. The van der Waals surface area contributed by atoms with Gasteiger partial charge in [0.15, 0.2) is 0 Å². The maximum absolute atomic E-state index is 12.4. The van der Waals surface area contributed by atoms with E-state index in [2.05, 4.69) is 20.6 Å². The molecule has 1 aromatic carbocycles. The van der Waals surface area contributed by atoms with Crippen molar-refractivity contribution in [2.24, 2.45) is 0 Å². The Bertz CT molecular complexity index is 732. The first-order valence-corrected chi connectivity index (χ1v) is 8.72. The van der Waals surface area contributed by atoms with Crippen molar-refractivity contribution < 1.29 is 4.79 Å². The lowest BCUT2D eigenvalue weighted by Crippen LogP contribution is -2.23. The maximum atomic E-state index is 12.4. The largest absolute Gasteiger partial charge is 0.367 e. The molecular formula is C17H18Cl2N4O. The Morgan fingerprint density at radius 1 is 1.08 bits per heavy atom. The van der Waals surface area contributed by atoms with Crippen LogP contribution in [0.1, 0.15) is 42.6 Å². The molecule has 0 radical (unpaired) electrons. The Balaban J connectivity index is 1.69. The minimum absolute atomic E-state index is 0.286. The third-order valence-corrected chi connectivity index (χ3v) is 4.58. The lowest BCUT2D eigenvalue weighted by atomic mass is 9.95. The van der Waals surface area contributed by atoms with Gasteiger partial charge in [0.25, 0.3) is 5.91 Å². The van der Waals surface area contributed by atoms with E-state index < -0.39 is 0 Å². The first kappa shape index (κ1) is 17.0. The zero-order chi connectivity index (χ0) is 16.9. The van der Waals surface area contributed by atoms with Gasteiger partial charge >= 0.3 is 0 Å². The summed E-state index contributed by atoms with van der Waals surface area (Å²) in [4.78, 5) is 20.6. The number of halogens is 2. The highest BCUT2D eigenvalue weighted by molar-refractivity contribution is 6.36. The van der Waals surface area contributed by atoms with Gasteiger partial charge in [-0.25, -0.2) is 9.97 Å². The first-order valence-electron chi connectivity index (χ1n) is 7.97. The van der Waals surface area contributed by atoms with E-state index in [-0.39, 0.29) is 11.6 Å². The Labute approximate surface area is 150 Å². The molecule has 1 heterocycles. The second-order valence-electron chi connectivity index (χ2n) is 5.85. The van der Waals surface area contributed by atoms with Gasteiger partial charge in [-0.3, -0.25) is 4.79 Å². The van der Waals surface area contributed by atoms with E-state index >= 15 is 0 Å². The van der Waals surface area contributed by atoms with Crippen molar-refractivity contribution in [3.8, 4) is 0 Å². The third kappa shape index (κ3) is 4.36. The average Bonchev–Trinajstić information content (AvgIpc) is 2.58. The van der Waals surface area contributed by atoms with Crippen molar-refractivity contribution in [3.05, 3.63) is 46.3 Å². The molecule has 0 aliphatic heterocycles. The Morgan fingerprint density at radius 3 is 2.62 bits per heavy atom. The molecule has 1 amide bonds. The van der Waals surface area contributed by atoms with E-state index in [1.807, 2.05) is 0 Å². The number of nitrogens with one attached hydrogen (secondary N) is 2. The summed E-state index contributed by atoms with van der Waals surface area (Å²) >= 11 is 11.9. The minimum atomic E-state index is -0.340. The van der Waals surface area contributed by atoms with E-state index in [0.29, 0.717) is 27.6 Å². The van der Waals surface area contributed by atoms with E-state index in [1.54, 1.807) is 24.3 Å². The molecule has 24 heavy (non-hydrogen) atoms. The van der Waals surface area contributed by atoms with Gasteiger partial charge in [0.1, 0.15) is 17.8 Å². The fraction of sp³-hybridized carbons (Fsp3) is 0.353. The molecule has 0 unspecified atom stereocenters. The molecule has 0 bridgehead atoms. The van der Waals surface area contributed by atoms with Crippen LogP contribution in [0.25, 0.3) is 0 Å². The SMILES string of the molecule is O=C(Nc1ccc(Cl)cc1Cl)c1cc(NC2CCCCC2)ncn1. The molecule has 0 saturated heterocycles. The topological polar surface area (TPSA) is 66.9 Å². The summed E-state index contributed by atoms with van der Waals surface area (Å²) < 4.78 is 0. The predicted octanol–water partition coefficient (Wildman–Crippen LogP) is 4.78. The van der Waals surface area contributed by atoms with Crippen LogP contribution < -0.4 is 10.6 Å². The summed E-state index contributed by atoms with van der Waals surface area (Å²) in [7, 11) is 0. The van der Waals surface area contributed by atoms with Crippen LogP contribution in [-0.4, -0.2) is 21.9 Å². The van der Waals surface area contributed by atoms with Crippen LogP contribution >= 0.6 is 23.2 Å². The molecule has 1 aliphatic carbocycles. The lowest BCUT2D eigenvalue weighted by molar-refractivity contribution is 0.102. The van der Waals surface area contributed by atoms with Crippen molar-refractivity contribution in [1.82, 2.24) is 9.97 Å². The normalized spacial score (nSPS) is 15.1. The maximum Gasteiger partial charge on any atom is 0.274 e. The Kier molecular flexibility index (Phi) is 5.53. The summed E-state index contributed by atoms with van der Waals surface area (Å²) in [5, 5.41) is 7.01. The number of carbonyl (C=O) groups excluding carboxylic acids is 1. The van der Waals surface area contributed by atoms with Gasteiger partial charge in [0, 0.05) is 17.1 Å². The van der Waals surface area contributed by atoms with Gasteiger partial charge in [-0.1, -0.05) is 42.5 Å². The summed E-state index contributed by atoms with van der Waals surface area (Å²) in [6.45, 7) is 0. The standard InChI is InChI=1S/C17H18Cl2N4O/c18-11-6-7-14(13(19)8-11)23-17(24)15-9-16(21-10-20-15)22-12-4-2-1-3-5-12/h6-10,12H,1-5H2,(H,23,24)(H,20,21,22). The van der Waals surface area contributed by atoms with Gasteiger partial charge in [-0.05, 0) is 31.0 Å². The second-order valence-corrected chi connectivity index (χ2v) is 6.69. The first-order chi connectivity index (χ1) is 11.6. The number of nitrogens with zero attached hydrogens (tertiary/aromatic N) is 2. The molecule has 126 valence electrons. The van der Waals surface area contributed by atoms with Crippen molar-refractivity contribution in [3.63, 3.8) is 0 Å². The van der Waals surface area contributed by atoms with Crippen LogP contribution in [0.4, 0.5) is 11.5 Å². The van der Waals surface area contributed by atoms with E-state index in [0.717, 1.165) is 12.8 Å². The van der Waals surface area contributed by atoms with Gasteiger partial charge in [-0.15, -0.1) is 0 Å². The summed E-state index contributed by atoms with van der Waals surface area (Å²) in [5.74, 6) is 0.331. The van der Waals surface area contributed by atoms with E-state index in [9.17, 15) is 4.79 Å². The van der Waals surface area contributed by atoms with Gasteiger partial charge in [0.2, 0.25) is 0 Å². The van der Waals surface area contributed by atoms with Crippen molar-refractivity contribution in [2.45, 2.75) is 38.1 Å². The number of carbonyl (C=O) groups is 1. The fourth-order valence-corrected chi connectivity index (χ4v) is 3.25. The molecule has 2 N–H and O–H groups in total. The zero-order valence-electron chi connectivity index (χ0n) is 13.1. The zero-order valence-corrected chi connectivity index (χ0v) is 14.6. The predicted molar refractivity (Wildman–Crippen MR) is 96.9 cm³/mol. The highest BCUT2D eigenvalue weighted by Gasteiger charge is 2.15. The quantitative estimate of drug-likeness (QED) is 0.818. The monoisotopic (exact) mass is 364 g/mol. The molecule has 7 heteroatoms. The van der Waals surface area contributed by atoms with Crippen molar-refractivity contribution in [1.29, 1.82) is 0 Å². The van der Waals surface area contributed by atoms with Gasteiger partial charge in [0.05, 0.1) is 10.7 Å². The van der Waals surface area contributed by atoms with Crippen LogP contribution in [0.15, 0.2) is 30.6 Å². The number of hydrogen-bond donors (Lipinski definition) is 2. The molecule has 0 atom stereocenters. The summed E-state index contributed by atoms with van der Waals surface area (Å²) in [6.07, 6.45) is 7.40. The molecule has 1 aliphatic rings. The van der Waals surface area contributed by atoms with Crippen LogP contribution in [0.5, 0.6) is 0 Å². The number of hydrogen-bond acceptors (Lipinski definition) is 4. The number of rotatable bonds is 4. The lowest BCUT2D eigenvalue weighted by Gasteiger charge is -2.23. The Hall–Kier alpha value is -1.85. The number of anilines is 2. The molecule has 5 nitrogen and oxygen atoms in total. The average molecular weight is 365 g/mol. The molecule has 0 spiro atoms. The minimum Gasteiger partial charge on any atom is -0.367 e. The number of benzene rings is 1. The van der Waals surface area contributed by atoms with Crippen LogP contribution in [-0.2, 0) is 0 Å². The van der Waals surface area contributed by atoms with Crippen molar-refractivity contribution in [2.75, 3.05) is 10.6 Å². The summed E-state index contributed by atoms with van der Waals surface area (Å²) in [5.41, 5.74) is 0.779. The molecule has 1 saturated carbocycles. The highest BCUT2D eigenvalue weighted by atomic mass is 35.5. The Morgan fingerprint density at radius 2 is 1.88 bits per heavy atom. The van der Waals surface area contributed by atoms with Crippen LogP contribution in [0.2, 0.25) is 10.0 Å². The molecular weight excluding hydrogens is 347 g/mol. The fourth-order valence-electron chi connectivity index (χ4n) is 2.79. The van der Waals surface area contributed by atoms with E-state index in [1.165, 1.54) is 25.6 Å². The van der Waals surface area contributed by atoms with E-state index in [4.69, 9.17) is 23.2 Å².